The van der Waals surface area contributed by atoms with Crippen LogP contribution in [0.25, 0.3) is 5.70 Å². The van der Waals surface area contributed by atoms with Crippen molar-refractivity contribution in [1.29, 1.82) is 0 Å². The van der Waals surface area contributed by atoms with Gasteiger partial charge in [-0.15, -0.1) is 6.42 Å². The third-order valence-electron chi connectivity index (χ3n) is 1.78. The van der Waals surface area contributed by atoms with Crippen molar-refractivity contribution in [3.8, 4) is 12.3 Å². The Morgan fingerprint density at radius 1 is 1.50 bits per heavy atom. The minimum absolute atomic E-state index is 0.547. The van der Waals surface area contributed by atoms with E-state index in [9.17, 15) is 0 Å². The quantitative estimate of drug-likeness (QED) is 0.569. The van der Waals surface area contributed by atoms with Gasteiger partial charge in [-0.1, -0.05) is 42.8 Å². The van der Waals surface area contributed by atoms with Crippen LogP contribution < -0.4 is 5.43 Å². The first-order valence-corrected chi connectivity index (χ1v) is 4.39. The van der Waals surface area contributed by atoms with Crippen molar-refractivity contribution in [3.63, 3.8) is 0 Å². The van der Waals surface area contributed by atoms with Gasteiger partial charge in [-0.05, 0) is 5.56 Å². The maximum Gasteiger partial charge on any atom is 0.0784 e. The van der Waals surface area contributed by atoms with Crippen molar-refractivity contribution in [1.82, 2.24) is 10.4 Å². The summed E-state index contributed by atoms with van der Waals surface area (Å²) in [6.45, 7) is 4.47. The second-order valence-electron chi connectivity index (χ2n) is 3.02. The topological polar surface area (TPSA) is 15.3 Å². The molecule has 0 aliphatic heterocycles. The van der Waals surface area contributed by atoms with Crippen LogP contribution in [0.2, 0.25) is 0 Å². The fraction of sp³-hybridized carbons (Fsp3) is 0.167. The Balaban J connectivity index is 2.56. The van der Waals surface area contributed by atoms with E-state index in [0.29, 0.717) is 6.54 Å². The summed E-state index contributed by atoms with van der Waals surface area (Å²) in [7, 11) is 1.88. The van der Waals surface area contributed by atoms with E-state index in [2.05, 4.69) is 17.9 Å². The molecule has 72 valence electrons. The standard InChI is InChI=1S/C12H14N2/c1-4-10-14(3)13-11(2)12-8-6-5-7-9-12/h1,5-9,13H,2,10H2,3H3. The van der Waals surface area contributed by atoms with Gasteiger partial charge in [0.05, 0.1) is 6.54 Å². The third kappa shape index (κ3) is 2.96. The first-order valence-electron chi connectivity index (χ1n) is 4.39. The Hall–Kier alpha value is -1.72. The molecule has 0 aliphatic rings. The number of rotatable bonds is 4. The van der Waals surface area contributed by atoms with Crippen molar-refractivity contribution in [3.05, 3.63) is 42.5 Å². The molecule has 0 heterocycles. The van der Waals surface area contributed by atoms with Gasteiger partial charge in [0.15, 0.2) is 0 Å². The Labute approximate surface area is 85.2 Å². The van der Waals surface area contributed by atoms with Gasteiger partial charge in [-0.25, -0.2) is 5.01 Å². The smallest absolute Gasteiger partial charge is 0.0784 e. The van der Waals surface area contributed by atoms with Gasteiger partial charge in [0.2, 0.25) is 0 Å². The minimum Gasteiger partial charge on any atom is -0.318 e. The van der Waals surface area contributed by atoms with Gasteiger partial charge in [0.1, 0.15) is 0 Å². The van der Waals surface area contributed by atoms with Gasteiger partial charge >= 0.3 is 0 Å². The van der Waals surface area contributed by atoms with E-state index >= 15 is 0 Å². The van der Waals surface area contributed by atoms with Crippen LogP contribution in [0.3, 0.4) is 0 Å². The van der Waals surface area contributed by atoms with Crippen LogP contribution in [-0.2, 0) is 0 Å². The molecule has 14 heavy (non-hydrogen) atoms. The van der Waals surface area contributed by atoms with Crippen LogP contribution in [0.15, 0.2) is 36.9 Å². The number of nitrogens with one attached hydrogen (secondary N) is 1. The molecule has 1 rings (SSSR count). The first-order chi connectivity index (χ1) is 6.74. The molecule has 0 bridgehead atoms. The van der Waals surface area contributed by atoms with Crippen molar-refractivity contribution < 1.29 is 0 Å². The monoisotopic (exact) mass is 186 g/mol. The summed E-state index contributed by atoms with van der Waals surface area (Å²) in [5.41, 5.74) is 5.01. The SMILES string of the molecule is C#CCN(C)NC(=C)c1ccccc1. The normalized spacial score (nSPS) is 9.50. The fourth-order valence-corrected chi connectivity index (χ4v) is 1.11. The molecule has 0 aliphatic carbocycles. The Kier molecular flexibility index (Phi) is 3.78. The summed E-state index contributed by atoms with van der Waals surface area (Å²) in [4.78, 5) is 0. The molecule has 0 saturated heterocycles. The lowest BCUT2D eigenvalue weighted by molar-refractivity contribution is 0.322. The highest BCUT2D eigenvalue weighted by atomic mass is 15.5. The van der Waals surface area contributed by atoms with E-state index in [1.807, 2.05) is 42.4 Å². The molecule has 0 saturated carbocycles. The number of hydrogen-bond donors (Lipinski definition) is 1. The largest absolute Gasteiger partial charge is 0.318 e. The van der Waals surface area contributed by atoms with Crippen molar-refractivity contribution in [2.45, 2.75) is 0 Å². The zero-order valence-corrected chi connectivity index (χ0v) is 8.33. The van der Waals surface area contributed by atoms with Crippen molar-refractivity contribution >= 4 is 5.70 Å². The van der Waals surface area contributed by atoms with Crippen LogP contribution in [0.5, 0.6) is 0 Å². The lowest BCUT2D eigenvalue weighted by Crippen LogP contribution is -2.32. The molecule has 0 spiro atoms. The first kappa shape index (κ1) is 10.4. The van der Waals surface area contributed by atoms with E-state index < -0.39 is 0 Å². The molecule has 1 aromatic carbocycles. The predicted octanol–water partition coefficient (Wildman–Crippen LogP) is 1.73. The highest BCUT2D eigenvalue weighted by Crippen LogP contribution is 2.07. The average molecular weight is 186 g/mol. The number of benzene rings is 1. The molecule has 0 atom stereocenters. The number of nitrogens with zero attached hydrogens (tertiary/aromatic N) is 1. The molecule has 0 amide bonds. The summed E-state index contributed by atoms with van der Waals surface area (Å²) in [6.07, 6.45) is 5.18. The van der Waals surface area contributed by atoms with E-state index in [1.165, 1.54) is 0 Å². The summed E-state index contributed by atoms with van der Waals surface area (Å²) in [5.74, 6) is 2.55. The highest BCUT2D eigenvalue weighted by molar-refractivity contribution is 5.60. The van der Waals surface area contributed by atoms with Gasteiger partial charge in [-0.3, -0.25) is 0 Å². The minimum atomic E-state index is 0.547. The van der Waals surface area contributed by atoms with E-state index in [0.717, 1.165) is 11.3 Å². The second kappa shape index (κ2) is 5.11. The highest BCUT2D eigenvalue weighted by Gasteiger charge is 1.99. The Morgan fingerprint density at radius 3 is 2.71 bits per heavy atom. The molecule has 1 aromatic rings. The maximum absolute atomic E-state index is 5.18. The van der Waals surface area contributed by atoms with Gasteiger partial charge in [-0.2, -0.15) is 0 Å². The molecular formula is C12H14N2. The second-order valence-corrected chi connectivity index (χ2v) is 3.02. The zero-order valence-electron chi connectivity index (χ0n) is 8.33. The molecular weight excluding hydrogens is 172 g/mol. The summed E-state index contributed by atoms with van der Waals surface area (Å²) < 4.78 is 0. The molecule has 0 fully saturated rings. The summed E-state index contributed by atoms with van der Waals surface area (Å²) in [6, 6.07) is 9.92. The lowest BCUT2D eigenvalue weighted by Gasteiger charge is -2.18. The lowest BCUT2D eigenvalue weighted by atomic mass is 10.2. The van der Waals surface area contributed by atoms with Crippen LogP contribution in [0.4, 0.5) is 0 Å². The van der Waals surface area contributed by atoms with Gasteiger partial charge in [0, 0.05) is 12.7 Å². The molecule has 0 aromatic heterocycles. The van der Waals surface area contributed by atoms with E-state index in [-0.39, 0.29) is 0 Å². The number of hydrazine groups is 1. The predicted molar refractivity (Wildman–Crippen MR) is 60.1 cm³/mol. The van der Waals surface area contributed by atoms with Crippen LogP contribution in [0, 0.1) is 12.3 Å². The average Bonchev–Trinajstić information content (AvgIpc) is 2.19. The van der Waals surface area contributed by atoms with Crippen molar-refractivity contribution in [2.75, 3.05) is 13.6 Å². The van der Waals surface area contributed by atoms with Crippen LogP contribution in [-0.4, -0.2) is 18.6 Å². The zero-order chi connectivity index (χ0) is 10.4. The summed E-state index contributed by atoms with van der Waals surface area (Å²) in [5, 5.41) is 1.81. The van der Waals surface area contributed by atoms with Gasteiger partial charge < -0.3 is 5.43 Å². The summed E-state index contributed by atoms with van der Waals surface area (Å²) >= 11 is 0. The van der Waals surface area contributed by atoms with Crippen molar-refractivity contribution in [2.24, 2.45) is 0 Å². The van der Waals surface area contributed by atoms with Crippen LogP contribution >= 0.6 is 0 Å². The number of terminal acetylenes is 1. The molecule has 0 radical (unpaired) electrons. The number of hydrogen-bond acceptors (Lipinski definition) is 2. The maximum atomic E-state index is 5.18. The molecule has 1 N–H and O–H groups in total. The molecule has 0 unspecified atom stereocenters. The Morgan fingerprint density at radius 2 is 2.14 bits per heavy atom. The van der Waals surface area contributed by atoms with Crippen LogP contribution in [0.1, 0.15) is 5.56 Å². The van der Waals surface area contributed by atoms with E-state index in [4.69, 9.17) is 6.42 Å². The van der Waals surface area contributed by atoms with Gasteiger partial charge in [0.25, 0.3) is 0 Å². The Bertz CT molecular complexity index is 335. The molecule has 2 nitrogen and oxygen atoms in total. The third-order valence-corrected chi connectivity index (χ3v) is 1.78. The molecule has 2 heteroatoms. The fourth-order valence-electron chi connectivity index (χ4n) is 1.11. The van der Waals surface area contributed by atoms with E-state index in [1.54, 1.807) is 0 Å².